The highest BCUT2D eigenvalue weighted by Crippen LogP contribution is 2.46. The third-order valence-electron chi connectivity index (χ3n) is 15.5. The average molecular weight is 1340 g/mol. The third kappa shape index (κ3) is 13.3. The molecule has 1 unspecified atom stereocenters. The van der Waals surface area contributed by atoms with Gasteiger partial charge in [0.1, 0.15) is 34.7 Å². The van der Waals surface area contributed by atoms with E-state index in [2.05, 4.69) is 44.1 Å². The summed E-state index contributed by atoms with van der Waals surface area (Å²) in [5.74, 6) is -7.15. The normalized spacial score (nSPS) is 18.1. The van der Waals surface area contributed by atoms with Crippen LogP contribution in [-0.2, 0) is 31.0 Å². The van der Waals surface area contributed by atoms with Crippen LogP contribution in [0.4, 0.5) is 52.7 Å². The van der Waals surface area contributed by atoms with E-state index in [1.807, 2.05) is 0 Å². The van der Waals surface area contributed by atoms with Crippen LogP contribution in [0.25, 0.3) is 33.4 Å². The zero-order chi connectivity index (χ0) is 69.1. The van der Waals surface area contributed by atoms with Crippen molar-refractivity contribution in [2.45, 2.75) is 36.5 Å². The molecule has 0 saturated carbocycles. The van der Waals surface area contributed by atoms with Crippen LogP contribution in [-0.4, -0.2) is 115 Å². The molecule has 6 N–H and O–H groups in total. The smallest absolute Gasteiger partial charge is 0.387 e. The van der Waals surface area contributed by atoms with Crippen LogP contribution in [0.5, 0.6) is 17.2 Å². The SMILES string of the molecule is CN1C(=O)C(c2ccc(OC(F)F)cc2)(c2ccc(F)c(-c3cccnc3F)c2)N=C1N.CN1C(=O)[C@@](c2ccc(OC(F)F)cc2)(c2ccc(F)c(-c3cccnc3F)c2)N=C1N.CN1C(=O)[C@](c2ccc(OC(F)F)cc2)(c2ccc(F)c(-c3cccnc3F)c2)N=C1N.[B]. The standard InChI is InChI=1S/3C22H16F4N4O2.B/c3*1-30-19(31)22(29-21(30)27,12-4-7-14(8-5-12)32-20(25)26)13-6-9-17(23)16(11-13)15-3-2-10-28-18(15)24;/h3*2-11,20H,1H3,(H2,27,29);/t2*22-;;/m10../s1. The van der Waals surface area contributed by atoms with Crippen molar-refractivity contribution in [3.8, 4) is 50.6 Å². The van der Waals surface area contributed by atoms with E-state index in [1.165, 1.54) is 185 Å². The van der Waals surface area contributed by atoms with E-state index in [0.717, 1.165) is 32.9 Å². The van der Waals surface area contributed by atoms with E-state index in [4.69, 9.17) is 17.2 Å². The summed E-state index contributed by atoms with van der Waals surface area (Å²) in [6.07, 6.45) is 3.68. The first-order chi connectivity index (χ1) is 45.7. The molecule has 3 aliphatic rings. The number of benzene rings is 6. The van der Waals surface area contributed by atoms with Gasteiger partial charge in [-0.2, -0.15) is 39.5 Å². The van der Waals surface area contributed by atoms with E-state index < -0.39 is 89.5 Å². The summed E-state index contributed by atoms with van der Waals surface area (Å²) in [6, 6.07) is 35.5. The lowest BCUT2D eigenvalue weighted by Gasteiger charge is -2.27. The van der Waals surface area contributed by atoms with Crippen molar-refractivity contribution >= 4 is 44.0 Å². The van der Waals surface area contributed by atoms with Gasteiger partial charge in [0.15, 0.2) is 34.5 Å². The fraction of sp³-hybridized carbons (Fsp3) is 0.136. The van der Waals surface area contributed by atoms with Crippen molar-refractivity contribution < 1.29 is 81.3 Å². The first-order valence-electron chi connectivity index (χ1n) is 28.0. The minimum atomic E-state index is -3.02. The molecule has 3 aliphatic heterocycles. The summed E-state index contributed by atoms with van der Waals surface area (Å²) in [5.41, 5.74) is 13.3. The Bertz CT molecular complexity index is 4110. The molecular formula is C66H48BF12N12O6. The van der Waals surface area contributed by atoms with Gasteiger partial charge in [0.2, 0.25) is 17.8 Å². The molecule has 97 heavy (non-hydrogen) atoms. The van der Waals surface area contributed by atoms with Crippen molar-refractivity contribution in [3.05, 3.63) is 251 Å². The number of nitrogens with zero attached hydrogens (tertiary/aromatic N) is 9. The van der Waals surface area contributed by atoms with Gasteiger partial charge in [-0.1, -0.05) is 54.6 Å². The number of hydrogen-bond donors (Lipinski definition) is 3. The fourth-order valence-corrected chi connectivity index (χ4v) is 10.8. The monoisotopic (exact) mass is 1340 g/mol. The van der Waals surface area contributed by atoms with Gasteiger partial charge in [-0.15, -0.1) is 0 Å². The Morgan fingerprint density at radius 2 is 0.577 bits per heavy atom. The molecule has 6 aromatic carbocycles. The number of likely N-dealkylation sites (N-methyl/N-ethyl adjacent to an activating group) is 3. The molecule has 9 aromatic rings. The Hall–Kier alpha value is -11.8. The van der Waals surface area contributed by atoms with Crippen LogP contribution >= 0.6 is 0 Å². The largest absolute Gasteiger partial charge is 0.435 e. The zero-order valence-corrected chi connectivity index (χ0v) is 50.4. The van der Waals surface area contributed by atoms with Gasteiger partial charge < -0.3 is 31.4 Å². The molecule has 6 heterocycles. The van der Waals surface area contributed by atoms with Crippen LogP contribution in [0.15, 0.2) is 197 Å². The number of rotatable bonds is 15. The van der Waals surface area contributed by atoms with Gasteiger partial charge in [0, 0.05) is 81.5 Å². The van der Waals surface area contributed by atoms with Crippen molar-refractivity contribution in [2.24, 2.45) is 32.2 Å². The third-order valence-corrected chi connectivity index (χ3v) is 15.5. The first-order valence-corrected chi connectivity index (χ1v) is 28.0. The number of carbonyl (C=O) groups excluding carboxylic acids is 3. The summed E-state index contributed by atoms with van der Waals surface area (Å²) in [4.78, 5) is 66.9. The lowest BCUT2D eigenvalue weighted by Crippen LogP contribution is -2.41. The molecule has 0 bridgehead atoms. The number of nitrogens with two attached hydrogens (primary N) is 3. The second-order valence-corrected chi connectivity index (χ2v) is 21.0. The molecule has 3 amide bonds. The zero-order valence-electron chi connectivity index (χ0n) is 50.4. The number of aliphatic imine (C=N–C) groups is 3. The number of carbonyl (C=O) groups is 3. The van der Waals surface area contributed by atoms with E-state index >= 15 is 0 Å². The minimum Gasteiger partial charge on any atom is -0.435 e. The van der Waals surface area contributed by atoms with Crippen molar-refractivity contribution in [1.29, 1.82) is 0 Å². The molecule has 3 atom stereocenters. The molecule has 3 radical (unpaired) electrons. The van der Waals surface area contributed by atoms with Gasteiger partial charge in [0.05, 0.1) is 0 Å². The van der Waals surface area contributed by atoms with Gasteiger partial charge in [0.25, 0.3) is 17.7 Å². The van der Waals surface area contributed by atoms with Gasteiger partial charge >= 0.3 is 19.8 Å². The van der Waals surface area contributed by atoms with E-state index in [9.17, 15) is 67.1 Å². The Kier molecular flexibility index (Phi) is 20.1. The second kappa shape index (κ2) is 28.0. The molecule has 31 heteroatoms. The molecule has 0 aliphatic carbocycles. The number of guanidine groups is 3. The highest BCUT2D eigenvalue weighted by Gasteiger charge is 2.52. The van der Waals surface area contributed by atoms with Crippen LogP contribution in [0.2, 0.25) is 0 Å². The number of aromatic nitrogens is 3. The number of pyridine rings is 3. The van der Waals surface area contributed by atoms with E-state index in [1.54, 1.807) is 0 Å². The topological polar surface area (TPSA) is 242 Å². The summed E-state index contributed by atoms with van der Waals surface area (Å²) >= 11 is 0. The number of hydrogen-bond acceptors (Lipinski definition) is 15. The van der Waals surface area contributed by atoms with Gasteiger partial charge in [-0.25, -0.2) is 43.1 Å². The molecule has 0 fully saturated rings. The highest BCUT2D eigenvalue weighted by atomic mass is 19.3. The Morgan fingerprint density at radius 3 is 0.773 bits per heavy atom. The lowest BCUT2D eigenvalue weighted by molar-refractivity contribution is -0.130. The van der Waals surface area contributed by atoms with E-state index in [-0.39, 0.29) is 110 Å². The number of halogens is 12. The maximum absolute atomic E-state index is 14.6. The van der Waals surface area contributed by atoms with Crippen LogP contribution < -0.4 is 31.4 Å². The van der Waals surface area contributed by atoms with Crippen LogP contribution in [0.3, 0.4) is 0 Å². The number of ether oxygens (including phenoxy) is 3. The highest BCUT2D eigenvalue weighted by molar-refractivity contribution is 6.11. The molecule has 18 nitrogen and oxygen atoms in total. The minimum absolute atomic E-state index is 0. The quantitative estimate of drug-likeness (QED) is 0.0493. The average Bonchev–Trinajstić information content (AvgIpc) is 1.60. The number of amides is 3. The Balaban J connectivity index is 0.000000170. The summed E-state index contributed by atoms with van der Waals surface area (Å²) < 4.78 is 175. The van der Waals surface area contributed by atoms with Crippen molar-refractivity contribution in [2.75, 3.05) is 21.1 Å². The number of alkyl halides is 6. The molecule has 3 aromatic heterocycles. The molecule has 495 valence electrons. The summed E-state index contributed by atoms with van der Waals surface area (Å²) in [5, 5.41) is 0. The molecule has 0 spiro atoms. The molecular weight excluding hydrogens is 1300 g/mol. The summed E-state index contributed by atoms with van der Waals surface area (Å²) in [6.45, 7) is -9.05. The predicted octanol–water partition coefficient (Wildman–Crippen LogP) is 10.6. The van der Waals surface area contributed by atoms with Crippen molar-refractivity contribution in [1.82, 2.24) is 29.7 Å². The molecule has 0 saturated heterocycles. The lowest BCUT2D eigenvalue weighted by atomic mass is 9.81. The summed E-state index contributed by atoms with van der Waals surface area (Å²) in [7, 11) is 4.26. The Morgan fingerprint density at radius 1 is 0.351 bits per heavy atom. The fourth-order valence-electron chi connectivity index (χ4n) is 10.8. The maximum Gasteiger partial charge on any atom is 0.387 e. The van der Waals surface area contributed by atoms with Gasteiger partial charge in [-0.05, 0) is 143 Å². The van der Waals surface area contributed by atoms with Crippen LogP contribution in [0.1, 0.15) is 33.4 Å². The van der Waals surface area contributed by atoms with Crippen molar-refractivity contribution in [3.63, 3.8) is 0 Å². The maximum atomic E-state index is 14.6. The molecule has 12 rings (SSSR count). The second-order valence-electron chi connectivity index (χ2n) is 21.0. The predicted molar refractivity (Wildman–Crippen MR) is 329 cm³/mol. The van der Waals surface area contributed by atoms with Gasteiger partial charge in [-0.3, -0.25) is 29.1 Å². The first kappa shape index (κ1) is 69.6. The Labute approximate surface area is 544 Å². The van der Waals surface area contributed by atoms with Crippen LogP contribution in [0, 0.1) is 35.3 Å². The van der Waals surface area contributed by atoms with E-state index in [0.29, 0.717) is 0 Å².